The van der Waals surface area contributed by atoms with Crippen molar-refractivity contribution in [1.82, 2.24) is 24.8 Å². The van der Waals surface area contributed by atoms with E-state index in [4.69, 9.17) is 17.3 Å². The van der Waals surface area contributed by atoms with Crippen molar-refractivity contribution in [2.24, 2.45) is 0 Å². The van der Waals surface area contributed by atoms with Crippen molar-refractivity contribution in [2.45, 2.75) is 31.7 Å². The number of halogens is 3. The Morgan fingerprint density at radius 3 is 2.90 bits per heavy atom. The number of carbonyl (C=O) groups is 2. The molecular weight excluding hydrogens is 430 g/mol. The molecule has 2 amide bonds. The summed E-state index contributed by atoms with van der Waals surface area (Å²) >= 11 is 5.75. The van der Waals surface area contributed by atoms with Gasteiger partial charge in [0, 0.05) is 24.7 Å². The van der Waals surface area contributed by atoms with Gasteiger partial charge in [-0.15, -0.1) is 0 Å². The van der Waals surface area contributed by atoms with Gasteiger partial charge in [0.2, 0.25) is 11.8 Å². The van der Waals surface area contributed by atoms with E-state index in [1.165, 1.54) is 23.4 Å². The minimum Gasteiger partial charge on any atom is -0.383 e. The normalized spacial score (nSPS) is 18.5. The Morgan fingerprint density at radius 2 is 2.10 bits per heavy atom. The first-order valence-corrected chi connectivity index (χ1v) is 9.92. The smallest absolute Gasteiger partial charge is 0.243 e. The summed E-state index contributed by atoms with van der Waals surface area (Å²) in [4.78, 5) is 34.8. The number of nitrogens with two attached hydrogens (primary N) is 1. The highest BCUT2D eigenvalue weighted by molar-refractivity contribution is 6.30. The fourth-order valence-corrected chi connectivity index (χ4v) is 3.88. The summed E-state index contributed by atoms with van der Waals surface area (Å²) in [6.07, 6.45) is 1.46. The zero-order valence-corrected chi connectivity index (χ0v) is 17.0. The Kier molecular flexibility index (Phi) is 5.73. The number of nitrogens with one attached hydrogen (secondary N) is 1. The third-order valence-corrected chi connectivity index (χ3v) is 5.54. The van der Waals surface area contributed by atoms with Crippen LogP contribution in [0, 0.1) is 5.82 Å². The fourth-order valence-electron chi connectivity index (χ4n) is 3.68. The molecule has 2 atom stereocenters. The minimum absolute atomic E-state index is 0.0587. The lowest BCUT2D eigenvalue weighted by Gasteiger charge is -2.24. The number of nitrogens with zero attached hydrogens (tertiary/aromatic N) is 4. The average Bonchev–Trinajstić information content (AvgIpc) is 3.33. The lowest BCUT2D eigenvalue weighted by molar-refractivity contribution is -0.139. The molecule has 1 saturated heterocycles. The van der Waals surface area contributed by atoms with Gasteiger partial charge in [0.05, 0.1) is 17.0 Å². The number of amides is 2. The molecule has 0 saturated carbocycles. The van der Waals surface area contributed by atoms with Crippen LogP contribution in [0.15, 0.2) is 36.8 Å². The van der Waals surface area contributed by atoms with Crippen LogP contribution in [-0.4, -0.2) is 50.0 Å². The second kappa shape index (κ2) is 8.46. The van der Waals surface area contributed by atoms with Crippen molar-refractivity contribution in [3.05, 3.63) is 53.2 Å². The van der Waals surface area contributed by atoms with E-state index in [2.05, 4.69) is 15.3 Å². The summed E-state index contributed by atoms with van der Waals surface area (Å²) in [7, 11) is 0. The molecule has 2 aromatic heterocycles. The van der Waals surface area contributed by atoms with Crippen molar-refractivity contribution in [3.8, 4) is 0 Å². The maximum Gasteiger partial charge on any atom is 0.243 e. The van der Waals surface area contributed by atoms with Gasteiger partial charge in [0.15, 0.2) is 0 Å². The van der Waals surface area contributed by atoms with Crippen LogP contribution in [0.2, 0.25) is 5.02 Å². The third kappa shape index (κ3) is 4.15. The van der Waals surface area contributed by atoms with Gasteiger partial charge >= 0.3 is 0 Å². The molecule has 3 N–H and O–H groups in total. The van der Waals surface area contributed by atoms with Crippen LogP contribution in [0.25, 0.3) is 11.0 Å². The van der Waals surface area contributed by atoms with Crippen molar-refractivity contribution in [3.63, 3.8) is 0 Å². The molecule has 31 heavy (non-hydrogen) atoms. The highest BCUT2D eigenvalue weighted by Gasteiger charge is 2.39. The number of nitrogen functional groups attached to an aromatic ring is 1. The number of aromatic nitrogens is 3. The van der Waals surface area contributed by atoms with Gasteiger partial charge in [-0.1, -0.05) is 23.7 Å². The summed E-state index contributed by atoms with van der Waals surface area (Å²) in [5.74, 6) is -1.35. The number of alkyl halides is 1. The largest absolute Gasteiger partial charge is 0.383 e. The lowest BCUT2D eigenvalue weighted by Crippen LogP contribution is -2.46. The molecule has 4 rings (SSSR count). The number of benzene rings is 1. The zero-order chi connectivity index (χ0) is 22.1. The Bertz CT molecular complexity index is 1150. The van der Waals surface area contributed by atoms with Crippen molar-refractivity contribution < 1.29 is 18.4 Å². The molecule has 1 fully saturated rings. The van der Waals surface area contributed by atoms with Crippen LogP contribution in [0.4, 0.5) is 14.6 Å². The molecule has 0 unspecified atom stereocenters. The lowest BCUT2D eigenvalue weighted by atomic mass is 10.1. The van der Waals surface area contributed by atoms with Gasteiger partial charge in [-0.3, -0.25) is 9.59 Å². The molecular formula is C20H19ClF2N6O2. The third-order valence-electron chi connectivity index (χ3n) is 5.25. The van der Waals surface area contributed by atoms with Crippen molar-refractivity contribution in [2.75, 3.05) is 12.3 Å². The SMILES string of the molecule is Nc1ncnc2c1ccn2CC(=O)N1C[C@H](F)C[C@H]1C(=O)NCc1cccc(Cl)c1F. The molecule has 11 heteroatoms. The number of likely N-dealkylation sites (tertiary alicyclic amines) is 1. The number of hydrogen-bond acceptors (Lipinski definition) is 5. The van der Waals surface area contributed by atoms with Crippen LogP contribution in [0.1, 0.15) is 12.0 Å². The van der Waals surface area contributed by atoms with E-state index in [9.17, 15) is 18.4 Å². The van der Waals surface area contributed by atoms with Crippen LogP contribution >= 0.6 is 11.6 Å². The molecule has 1 aliphatic rings. The number of rotatable bonds is 5. The van der Waals surface area contributed by atoms with E-state index in [1.807, 2.05) is 0 Å². The van der Waals surface area contributed by atoms with Crippen molar-refractivity contribution in [1.29, 1.82) is 0 Å². The maximum atomic E-state index is 14.1. The molecule has 0 spiro atoms. The van der Waals surface area contributed by atoms with E-state index in [0.717, 1.165) is 0 Å². The zero-order valence-electron chi connectivity index (χ0n) is 16.3. The molecule has 0 bridgehead atoms. The van der Waals surface area contributed by atoms with E-state index in [-0.39, 0.29) is 42.5 Å². The molecule has 8 nitrogen and oxygen atoms in total. The number of anilines is 1. The summed E-state index contributed by atoms with van der Waals surface area (Å²) in [6, 6.07) is 5.14. The number of hydrogen-bond donors (Lipinski definition) is 2. The quantitative estimate of drug-likeness (QED) is 0.621. The summed E-state index contributed by atoms with van der Waals surface area (Å²) in [5.41, 5.74) is 6.47. The summed E-state index contributed by atoms with van der Waals surface area (Å²) < 4.78 is 29.7. The molecule has 1 aromatic carbocycles. The second-order valence-electron chi connectivity index (χ2n) is 7.27. The molecule has 3 aromatic rings. The van der Waals surface area contributed by atoms with Crippen LogP contribution in [0.5, 0.6) is 0 Å². The number of fused-ring (bicyclic) bond motifs is 1. The first kappa shape index (κ1) is 21.0. The highest BCUT2D eigenvalue weighted by Crippen LogP contribution is 2.23. The van der Waals surface area contributed by atoms with E-state index < -0.39 is 29.8 Å². The van der Waals surface area contributed by atoms with Gasteiger partial charge in [0.25, 0.3) is 0 Å². The van der Waals surface area contributed by atoms with Crippen LogP contribution in [0.3, 0.4) is 0 Å². The average molecular weight is 449 g/mol. The number of carbonyl (C=O) groups excluding carboxylic acids is 2. The summed E-state index contributed by atoms with van der Waals surface area (Å²) in [6.45, 7) is -0.461. The Balaban J connectivity index is 1.46. The Hall–Kier alpha value is -3.27. The molecule has 0 aliphatic carbocycles. The minimum atomic E-state index is -1.33. The van der Waals surface area contributed by atoms with E-state index in [0.29, 0.717) is 11.0 Å². The molecule has 3 heterocycles. The first-order valence-electron chi connectivity index (χ1n) is 9.54. The van der Waals surface area contributed by atoms with E-state index >= 15 is 0 Å². The monoisotopic (exact) mass is 448 g/mol. The maximum absolute atomic E-state index is 14.1. The Labute approximate surface area is 181 Å². The van der Waals surface area contributed by atoms with Crippen LogP contribution in [-0.2, 0) is 22.7 Å². The van der Waals surface area contributed by atoms with Gasteiger partial charge in [-0.2, -0.15) is 0 Å². The first-order chi connectivity index (χ1) is 14.8. The highest BCUT2D eigenvalue weighted by atomic mass is 35.5. The van der Waals surface area contributed by atoms with E-state index in [1.54, 1.807) is 22.9 Å². The molecule has 0 radical (unpaired) electrons. The topological polar surface area (TPSA) is 106 Å². The van der Waals surface area contributed by atoms with Gasteiger partial charge in [-0.25, -0.2) is 18.7 Å². The Morgan fingerprint density at radius 1 is 1.29 bits per heavy atom. The summed E-state index contributed by atoms with van der Waals surface area (Å²) in [5, 5.41) is 3.10. The molecule has 1 aliphatic heterocycles. The van der Waals surface area contributed by atoms with Gasteiger partial charge in [0.1, 0.15) is 42.4 Å². The predicted molar refractivity (Wildman–Crippen MR) is 110 cm³/mol. The van der Waals surface area contributed by atoms with Gasteiger partial charge in [-0.05, 0) is 12.1 Å². The van der Waals surface area contributed by atoms with Crippen LogP contribution < -0.4 is 11.1 Å². The standard InChI is InChI=1S/C20H19ClF2N6O2/c21-14-3-1-2-11(17(14)23)7-25-20(31)15-6-12(22)8-29(15)16(30)9-28-5-4-13-18(24)26-10-27-19(13)28/h1-5,10,12,15H,6-9H2,(H,25,31)(H2,24,26,27)/t12-,15+/m1/s1. The van der Waals surface area contributed by atoms with Crippen molar-refractivity contribution >= 4 is 40.3 Å². The molecule has 162 valence electrons. The fraction of sp³-hybridized carbons (Fsp3) is 0.300. The predicted octanol–water partition coefficient (Wildman–Crippen LogP) is 2.06. The van der Waals surface area contributed by atoms with Gasteiger partial charge < -0.3 is 20.5 Å². The second-order valence-corrected chi connectivity index (χ2v) is 7.67.